The number of benzene rings is 2. The number of hydrogen-bond donors (Lipinski definition) is 3. The molecule has 6 heteroatoms. The van der Waals surface area contributed by atoms with Gasteiger partial charge in [-0.05, 0) is 60.8 Å². The van der Waals surface area contributed by atoms with Gasteiger partial charge in [0.15, 0.2) is 5.11 Å². The van der Waals surface area contributed by atoms with Gasteiger partial charge < -0.3 is 20.4 Å². The van der Waals surface area contributed by atoms with Crippen molar-refractivity contribution in [2.75, 3.05) is 19.0 Å². The van der Waals surface area contributed by atoms with Crippen LogP contribution in [0.15, 0.2) is 53.3 Å². The van der Waals surface area contributed by atoms with Crippen molar-refractivity contribution in [2.45, 2.75) is 13.3 Å². The Hall–Kier alpha value is -2.86. The van der Waals surface area contributed by atoms with E-state index in [2.05, 4.69) is 15.6 Å². The predicted octanol–water partition coefficient (Wildman–Crippen LogP) is 3.37. The molecule has 0 aliphatic heterocycles. The number of aromatic nitrogens is 1. The molecule has 2 aromatic carbocycles. The zero-order valence-corrected chi connectivity index (χ0v) is 15.6. The number of hydrogen-bond acceptors (Lipinski definition) is 3. The second kappa shape index (κ2) is 8.01. The van der Waals surface area contributed by atoms with Crippen LogP contribution in [0.5, 0.6) is 5.75 Å². The highest BCUT2D eigenvalue weighted by Crippen LogP contribution is 2.16. The number of methoxy groups -OCH3 is 1. The number of anilines is 1. The first-order chi connectivity index (χ1) is 12.5. The molecule has 0 saturated carbocycles. The summed E-state index contributed by atoms with van der Waals surface area (Å²) in [6.45, 7) is 2.57. The summed E-state index contributed by atoms with van der Waals surface area (Å²) in [6, 6.07) is 15.5. The van der Waals surface area contributed by atoms with E-state index in [1.807, 2.05) is 55.5 Å². The number of rotatable bonds is 5. The molecule has 26 heavy (non-hydrogen) atoms. The average molecular weight is 367 g/mol. The van der Waals surface area contributed by atoms with Gasteiger partial charge in [0.2, 0.25) is 0 Å². The summed E-state index contributed by atoms with van der Waals surface area (Å²) in [7, 11) is 1.62. The van der Waals surface area contributed by atoms with Gasteiger partial charge in [-0.2, -0.15) is 0 Å². The Morgan fingerprint density at radius 3 is 2.85 bits per heavy atom. The summed E-state index contributed by atoms with van der Waals surface area (Å²) >= 11 is 5.31. The van der Waals surface area contributed by atoms with Crippen LogP contribution < -0.4 is 20.9 Å². The number of fused-ring (bicyclic) bond motifs is 1. The Kier molecular flexibility index (Phi) is 5.53. The molecule has 5 nitrogen and oxygen atoms in total. The Morgan fingerprint density at radius 2 is 2.04 bits per heavy atom. The number of nitrogens with one attached hydrogen (secondary N) is 3. The van der Waals surface area contributed by atoms with E-state index in [0.29, 0.717) is 18.1 Å². The summed E-state index contributed by atoms with van der Waals surface area (Å²) in [6.07, 6.45) is 0.582. The molecular weight excluding hydrogens is 346 g/mol. The van der Waals surface area contributed by atoms with Gasteiger partial charge in [0, 0.05) is 29.4 Å². The van der Waals surface area contributed by atoms with Crippen molar-refractivity contribution in [3.63, 3.8) is 0 Å². The normalized spacial score (nSPS) is 10.5. The molecule has 3 N–H and O–H groups in total. The van der Waals surface area contributed by atoms with Gasteiger partial charge in [0.25, 0.3) is 5.56 Å². The summed E-state index contributed by atoms with van der Waals surface area (Å²) in [4.78, 5) is 15.2. The van der Waals surface area contributed by atoms with Gasteiger partial charge in [0.1, 0.15) is 5.75 Å². The van der Waals surface area contributed by atoms with Crippen LogP contribution in [0.2, 0.25) is 0 Å². The summed E-state index contributed by atoms with van der Waals surface area (Å²) in [5.74, 6) is 0.760. The Balaban J connectivity index is 1.59. The van der Waals surface area contributed by atoms with Crippen LogP contribution in [0.25, 0.3) is 10.9 Å². The number of H-pyrrole nitrogens is 1. The second-order valence-electron chi connectivity index (χ2n) is 6.08. The quantitative estimate of drug-likeness (QED) is 0.604. The van der Waals surface area contributed by atoms with E-state index < -0.39 is 0 Å². The standard InChI is InChI=1S/C20H21N3O2S/c1-13-6-7-14-11-15(19(24)23-18(14)10-13)8-9-21-20(26)22-16-4-3-5-17(12-16)25-2/h3-7,10-12H,8-9H2,1-2H3,(H,23,24)(H2,21,22,26). The molecule has 0 fully saturated rings. The fourth-order valence-corrected chi connectivity index (χ4v) is 2.95. The molecule has 0 saturated heterocycles. The average Bonchev–Trinajstić information content (AvgIpc) is 2.62. The molecule has 0 aliphatic rings. The molecular formula is C20H21N3O2S. The fourth-order valence-electron chi connectivity index (χ4n) is 2.73. The number of ether oxygens (including phenoxy) is 1. The Morgan fingerprint density at radius 1 is 1.19 bits per heavy atom. The van der Waals surface area contributed by atoms with Gasteiger partial charge in [-0.3, -0.25) is 4.79 Å². The Labute approximate surface area is 157 Å². The van der Waals surface area contributed by atoms with Crippen molar-refractivity contribution in [1.82, 2.24) is 10.3 Å². The SMILES string of the molecule is COc1cccc(NC(=S)NCCc2cc3ccc(C)cc3[nH]c2=O)c1. The van der Waals surface area contributed by atoms with Crippen molar-refractivity contribution in [1.29, 1.82) is 0 Å². The molecule has 0 spiro atoms. The first kappa shape index (κ1) is 17.9. The number of pyridine rings is 1. The maximum atomic E-state index is 12.2. The third-order valence-electron chi connectivity index (χ3n) is 4.09. The highest BCUT2D eigenvalue weighted by molar-refractivity contribution is 7.80. The molecule has 0 bridgehead atoms. The highest BCUT2D eigenvalue weighted by atomic mass is 32.1. The minimum Gasteiger partial charge on any atom is -0.497 e. The van der Waals surface area contributed by atoms with E-state index in [9.17, 15) is 4.79 Å². The van der Waals surface area contributed by atoms with E-state index in [0.717, 1.165) is 33.5 Å². The third kappa shape index (κ3) is 4.40. The van der Waals surface area contributed by atoms with E-state index in [-0.39, 0.29) is 5.56 Å². The van der Waals surface area contributed by atoms with E-state index in [4.69, 9.17) is 17.0 Å². The lowest BCUT2D eigenvalue weighted by Crippen LogP contribution is -2.31. The van der Waals surface area contributed by atoms with Crippen molar-refractivity contribution < 1.29 is 4.74 Å². The predicted molar refractivity (Wildman–Crippen MR) is 110 cm³/mol. The number of aryl methyl sites for hydroxylation is 1. The van der Waals surface area contributed by atoms with Gasteiger partial charge in [-0.25, -0.2) is 0 Å². The molecule has 0 radical (unpaired) electrons. The van der Waals surface area contributed by atoms with Gasteiger partial charge in [-0.15, -0.1) is 0 Å². The molecule has 1 heterocycles. The largest absolute Gasteiger partial charge is 0.497 e. The van der Waals surface area contributed by atoms with Crippen LogP contribution in [0.1, 0.15) is 11.1 Å². The maximum absolute atomic E-state index is 12.2. The van der Waals surface area contributed by atoms with Gasteiger partial charge in [-0.1, -0.05) is 18.2 Å². The topological polar surface area (TPSA) is 66.2 Å². The summed E-state index contributed by atoms with van der Waals surface area (Å²) < 4.78 is 5.19. The van der Waals surface area contributed by atoms with Crippen LogP contribution in [0, 0.1) is 6.92 Å². The summed E-state index contributed by atoms with van der Waals surface area (Å²) in [5.41, 5.74) is 3.51. The minimum absolute atomic E-state index is 0.0587. The zero-order valence-electron chi connectivity index (χ0n) is 14.8. The van der Waals surface area contributed by atoms with Gasteiger partial charge >= 0.3 is 0 Å². The van der Waals surface area contributed by atoms with E-state index in [1.54, 1.807) is 7.11 Å². The second-order valence-corrected chi connectivity index (χ2v) is 6.49. The van der Waals surface area contributed by atoms with Crippen LogP contribution in [-0.2, 0) is 6.42 Å². The van der Waals surface area contributed by atoms with Crippen LogP contribution >= 0.6 is 12.2 Å². The lowest BCUT2D eigenvalue weighted by molar-refractivity contribution is 0.415. The molecule has 3 rings (SSSR count). The smallest absolute Gasteiger partial charge is 0.251 e. The maximum Gasteiger partial charge on any atom is 0.251 e. The summed E-state index contributed by atoms with van der Waals surface area (Å²) in [5, 5.41) is 7.77. The molecule has 0 unspecified atom stereocenters. The van der Waals surface area contributed by atoms with Crippen LogP contribution in [0.4, 0.5) is 5.69 Å². The van der Waals surface area contributed by atoms with Crippen molar-refractivity contribution in [3.8, 4) is 5.75 Å². The first-order valence-electron chi connectivity index (χ1n) is 8.36. The molecule has 134 valence electrons. The highest BCUT2D eigenvalue weighted by Gasteiger charge is 2.04. The Bertz CT molecular complexity index is 998. The van der Waals surface area contributed by atoms with Crippen LogP contribution in [0.3, 0.4) is 0 Å². The first-order valence-corrected chi connectivity index (χ1v) is 8.77. The van der Waals surface area contributed by atoms with Crippen molar-refractivity contribution in [2.24, 2.45) is 0 Å². The van der Waals surface area contributed by atoms with Crippen molar-refractivity contribution >= 4 is 33.9 Å². The lowest BCUT2D eigenvalue weighted by Gasteiger charge is -2.11. The third-order valence-corrected chi connectivity index (χ3v) is 4.33. The number of thiocarbonyl (C=S) groups is 1. The van der Waals surface area contributed by atoms with Crippen molar-refractivity contribution in [3.05, 3.63) is 70.0 Å². The fraction of sp³-hybridized carbons (Fsp3) is 0.200. The van der Waals surface area contributed by atoms with E-state index in [1.165, 1.54) is 0 Å². The number of aromatic amines is 1. The monoisotopic (exact) mass is 367 g/mol. The molecule has 0 amide bonds. The van der Waals surface area contributed by atoms with Gasteiger partial charge in [0.05, 0.1) is 7.11 Å². The molecule has 0 atom stereocenters. The van der Waals surface area contributed by atoms with E-state index >= 15 is 0 Å². The molecule has 0 aliphatic carbocycles. The lowest BCUT2D eigenvalue weighted by atomic mass is 10.1. The molecule has 1 aromatic heterocycles. The van der Waals surface area contributed by atoms with Crippen LogP contribution in [-0.4, -0.2) is 23.8 Å². The molecule has 3 aromatic rings. The zero-order chi connectivity index (χ0) is 18.5. The minimum atomic E-state index is -0.0587.